The van der Waals surface area contributed by atoms with Crippen LogP contribution in [-0.4, -0.2) is 25.9 Å². The molecule has 0 bridgehead atoms. The van der Waals surface area contributed by atoms with Gasteiger partial charge < -0.3 is 16.0 Å². The van der Waals surface area contributed by atoms with Gasteiger partial charge in [0.25, 0.3) is 11.6 Å². The van der Waals surface area contributed by atoms with Crippen molar-refractivity contribution >= 4 is 80.8 Å². The van der Waals surface area contributed by atoms with Crippen molar-refractivity contribution in [1.29, 1.82) is 0 Å². The highest BCUT2D eigenvalue weighted by molar-refractivity contribution is 7.80. The third-order valence-corrected chi connectivity index (χ3v) is 5.26. The zero-order valence-electron chi connectivity index (χ0n) is 17.7. The number of para-hydroxylation sites is 1. The highest BCUT2D eigenvalue weighted by Crippen LogP contribution is 2.30. The Morgan fingerprint density at radius 1 is 0.886 bits per heavy atom. The molecule has 3 aromatic carbocycles. The summed E-state index contributed by atoms with van der Waals surface area (Å²) in [6, 6.07) is 21.6. The molecular formula is C22H17Cl3N6O3S. The van der Waals surface area contributed by atoms with Crippen LogP contribution >= 0.6 is 47.0 Å². The summed E-state index contributed by atoms with van der Waals surface area (Å²) in [7, 11) is 0. The minimum atomic E-state index is -2.04. The quantitative estimate of drug-likeness (QED) is 0.0778. The number of nitrogens with one attached hydrogen (secondary N) is 3. The summed E-state index contributed by atoms with van der Waals surface area (Å²) in [5, 5.41) is 27.6. The van der Waals surface area contributed by atoms with Crippen molar-refractivity contribution in [2.75, 3.05) is 5.32 Å². The molecule has 0 aliphatic rings. The topological polar surface area (TPSA) is 121 Å². The van der Waals surface area contributed by atoms with Crippen molar-refractivity contribution < 1.29 is 9.72 Å². The highest BCUT2D eigenvalue weighted by atomic mass is 35.6. The lowest BCUT2D eigenvalue weighted by atomic mass is 10.1. The molecule has 0 aliphatic carbocycles. The molecule has 35 heavy (non-hydrogen) atoms. The second-order valence-corrected chi connectivity index (χ2v) is 9.68. The molecule has 3 aromatic rings. The van der Waals surface area contributed by atoms with Gasteiger partial charge in [-0.1, -0.05) is 65.1 Å². The average molecular weight is 552 g/mol. The number of halogens is 3. The fourth-order valence-corrected chi connectivity index (χ4v) is 3.32. The second-order valence-electron chi connectivity index (χ2n) is 6.90. The Bertz CT molecular complexity index is 1240. The first-order chi connectivity index (χ1) is 16.6. The van der Waals surface area contributed by atoms with Crippen LogP contribution < -0.4 is 16.0 Å². The van der Waals surface area contributed by atoms with Crippen molar-refractivity contribution in [2.24, 2.45) is 10.2 Å². The molecule has 180 valence electrons. The van der Waals surface area contributed by atoms with Crippen LogP contribution in [0.5, 0.6) is 0 Å². The Balaban J connectivity index is 1.64. The van der Waals surface area contributed by atoms with Gasteiger partial charge >= 0.3 is 0 Å². The number of rotatable bonds is 7. The standard InChI is InChI=1S/C22H17Cl3N6O3S/c23-22(24,25)20(27-19(32)17-8-4-5-9-18(17)31(33)34)28-21(35)26-14-10-12-16(13-11-14)30-29-15-6-2-1-3-7-15/h1-13,20H,(H,27,32)(H2,26,28,35)/t20-/m1/s1. The maximum Gasteiger partial charge on any atom is 0.282 e. The molecule has 0 spiro atoms. The number of anilines is 1. The van der Waals surface area contributed by atoms with E-state index < -0.39 is 26.5 Å². The Morgan fingerprint density at radius 3 is 2.06 bits per heavy atom. The lowest BCUT2D eigenvalue weighted by Gasteiger charge is -2.27. The number of azo groups is 1. The van der Waals surface area contributed by atoms with Crippen LogP contribution in [0, 0.1) is 10.1 Å². The minimum absolute atomic E-state index is 0.0304. The maximum absolute atomic E-state index is 12.7. The molecule has 0 radical (unpaired) electrons. The second kappa shape index (κ2) is 11.9. The lowest BCUT2D eigenvalue weighted by molar-refractivity contribution is -0.385. The largest absolute Gasteiger partial charge is 0.339 e. The fourth-order valence-electron chi connectivity index (χ4n) is 2.75. The molecule has 13 heteroatoms. The van der Waals surface area contributed by atoms with E-state index in [1.165, 1.54) is 24.3 Å². The van der Waals surface area contributed by atoms with E-state index in [0.29, 0.717) is 11.4 Å². The SMILES string of the molecule is O=C(N[C@H](NC(=S)Nc1ccc(N=Nc2ccccc2)cc1)C(Cl)(Cl)Cl)c1ccccc1[N+](=O)[O-]. The van der Waals surface area contributed by atoms with E-state index in [4.69, 9.17) is 47.0 Å². The molecule has 3 N–H and O–H groups in total. The van der Waals surface area contributed by atoms with Gasteiger partial charge in [-0.25, -0.2) is 0 Å². The van der Waals surface area contributed by atoms with Gasteiger partial charge in [0, 0.05) is 11.8 Å². The third-order valence-electron chi connectivity index (χ3n) is 4.39. The van der Waals surface area contributed by atoms with Crippen LogP contribution in [0.15, 0.2) is 89.1 Å². The van der Waals surface area contributed by atoms with Gasteiger partial charge in [-0.05, 0) is 54.7 Å². The summed E-state index contributed by atoms with van der Waals surface area (Å²) in [6.45, 7) is 0. The van der Waals surface area contributed by atoms with Crippen LogP contribution in [0.2, 0.25) is 0 Å². The number of hydrogen-bond donors (Lipinski definition) is 3. The van der Waals surface area contributed by atoms with Crippen molar-refractivity contribution in [2.45, 2.75) is 9.96 Å². The molecule has 0 heterocycles. The summed E-state index contributed by atoms with van der Waals surface area (Å²) in [6.07, 6.45) is -1.31. The van der Waals surface area contributed by atoms with Gasteiger partial charge in [-0.3, -0.25) is 14.9 Å². The first-order valence-electron chi connectivity index (χ1n) is 9.89. The van der Waals surface area contributed by atoms with Gasteiger partial charge in [-0.15, -0.1) is 0 Å². The van der Waals surface area contributed by atoms with Crippen LogP contribution in [0.3, 0.4) is 0 Å². The number of thiocarbonyl (C=S) groups is 1. The normalized spacial score (nSPS) is 12.1. The zero-order valence-corrected chi connectivity index (χ0v) is 20.8. The van der Waals surface area contributed by atoms with Crippen molar-refractivity contribution in [3.63, 3.8) is 0 Å². The highest BCUT2D eigenvalue weighted by Gasteiger charge is 2.36. The van der Waals surface area contributed by atoms with E-state index in [-0.39, 0.29) is 10.7 Å². The van der Waals surface area contributed by atoms with Gasteiger partial charge in [-0.2, -0.15) is 10.2 Å². The van der Waals surface area contributed by atoms with Gasteiger partial charge in [0.2, 0.25) is 3.79 Å². The van der Waals surface area contributed by atoms with Crippen LogP contribution in [0.1, 0.15) is 10.4 Å². The Labute approximate surface area is 220 Å². The number of benzene rings is 3. The van der Waals surface area contributed by atoms with Crippen LogP contribution in [0.25, 0.3) is 0 Å². The van der Waals surface area contributed by atoms with Gasteiger partial charge in [0.15, 0.2) is 5.11 Å². The summed E-state index contributed by atoms with van der Waals surface area (Å²) < 4.78 is -2.04. The average Bonchev–Trinajstić information content (AvgIpc) is 2.83. The molecule has 1 amide bonds. The molecule has 1 atom stereocenters. The summed E-state index contributed by atoms with van der Waals surface area (Å²) >= 11 is 23.3. The van der Waals surface area contributed by atoms with Gasteiger partial charge in [0.1, 0.15) is 11.7 Å². The lowest BCUT2D eigenvalue weighted by Crippen LogP contribution is -2.56. The van der Waals surface area contributed by atoms with E-state index in [1.54, 1.807) is 24.3 Å². The van der Waals surface area contributed by atoms with E-state index in [1.807, 2.05) is 30.3 Å². The minimum Gasteiger partial charge on any atom is -0.339 e. The van der Waals surface area contributed by atoms with Crippen molar-refractivity contribution in [3.05, 3.63) is 94.5 Å². The number of alkyl halides is 3. The van der Waals surface area contributed by atoms with Crippen LogP contribution in [-0.2, 0) is 0 Å². The summed E-state index contributed by atoms with van der Waals surface area (Å²) in [5.41, 5.74) is 1.35. The third kappa shape index (κ3) is 7.86. The Kier molecular flexibility index (Phi) is 8.94. The van der Waals surface area contributed by atoms with E-state index in [9.17, 15) is 14.9 Å². The molecular weight excluding hydrogens is 535 g/mol. The molecule has 0 saturated carbocycles. The summed E-state index contributed by atoms with van der Waals surface area (Å²) in [5.74, 6) is -0.822. The predicted octanol–water partition coefficient (Wildman–Crippen LogP) is 6.42. The zero-order chi connectivity index (χ0) is 25.4. The number of hydrogen-bond acceptors (Lipinski definition) is 6. The summed E-state index contributed by atoms with van der Waals surface area (Å²) in [4.78, 5) is 23.2. The molecule has 0 aromatic heterocycles. The first-order valence-corrected chi connectivity index (χ1v) is 11.4. The Morgan fingerprint density at radius 2 is 1.46 bits per heavy atom. The van der Waals surface area contributed by atoms with Gasteiger partial charge in [0.05, 0.1) is 16.3 Å². The number of amides is 1. The molecule has 0 unspecified atom stereocenters. The number of carbonyl (C=O) groups is 1. The number of nitrogens with zero attached hydrogens (tertiary/aromatic N) is 3. The first kappa shape index (κ1) is 26.3. The number of carbonyl (C=O) groups excluding carboxylic acids is 1. The number of nitro benzene ring substituents is 1. The Hall–Kier alpha value is -3.31. The van der Waals surface area contributed by atoms with E-state index >= 15 is 0 Å². The molecule has 3 rings (SSSR count). The van der Waals surface area contributed by atoms with Crippen LogP contribution in [0.4, 0.5) is 22.7 Å². The smallest absolute Gasteiger partial charge is 0.282 e. The predicted molar refractivity (Wildman–Crippen MR) is 141 cm³/mol. The fraction of sp³-hybridized carbons (Fsp3) is 0.0909. The monoisotopic (exact) mass is 550 g/mol. The molecule has 9 nitrogen and oxygen atoms in total. The maximum atomic E-state index is 12.7. The van der Waals surface area contributed by atoms with Crippen molar-refractivity contribution in [3.8, 4) is 0 Å². The van der Waals surface area contributed by atoms with E-state index in [0.717, 1.165) is 5.69 Å². The number of nitro groups is 1. The van der Waals surface area contributed by atoms with Crippen molar-refractivity contribution in [1.82, 2.24) is 10.6 Å². The molecule has 0 saturated heterocycles. The molecule has 0 fully saturated rings. The van der Waals surface area contributed by atoms with E-state index in [2.05, 4.69) is 26.2 Å². The molecule has 0 aliphatic heterocycles.